The summed E-state index contributed by atoms with van der Waals surface area (Å²) in [5, 5.41) is 0. The van der Waals surface area contributed by atoms with Gasteiger partial charge in [-0.2, -0.15) is 0 Å². The van der Waals surface area contributed by atoms with Crippen LogP contribution in [0.2, 0.25) is 0 Å². The number of nitrogens with zero attached hydrogens (tertiary/aromatic N) is 2. The first-order chi connectivity index (χ1) is 11.6. The highest BCUT2D eigenvalue weighted by molar-refractivity contribution is 7.17. The molecule has 0 aliphatic carbocycles. The molecule has 3 rings (SSSR count). The largest absolute Gasteiger partial charge is 0.453 e. The third-order valence-corrected chi connectivity index (χ3v) is 5.11. The number of carbonyl (C=O) groups excluding carboxylic acids is 2. The minimum absolute atomic E-state index is 0.000307. The average Bonchev–Trinajstić information content (AvgIpc) is 3.10. The lowest BCUT2D eigenvalue weighted by atomic mass is 10.2. The zero-order valence-electron chi connectivity index (χ0n) is 13.4. The van der Waals surface area contributed by atoms with Crippen molar-refractivity contribution in [3.63, 3.8) is 0 Å². The number of hydrogen-bond donors (Lipinski definition) is 1. The SMILES string of the molecule is COC(=O)N1CCN(C(=O)c2ccc(-c3cccc(N)c3)s2)CC1. The van der Waals surface area contributed by atoms with Crippen LogP contribution in [0, 0.1) is 0 Å². The van der Waals surface area contributed by atoms with Crippen LogP contribution in [0.25, 0.3) is 10.4 Å². The maximum atomic E-state index is 12.6. The van der Waals surface area contributed by atoms with E-state index in [1.54, 1.807) is 9.80 Å². The summed E-state index contributed by atoms with van der Waals surface area (Å²) in [7, 11) is 1.36. The van der Waals surface area contributed by atoms with Gasteiger partial charge in [0, 0.05) is 36.7 Å². The molecule has 1 aromatic carbocycles. The first kappa shape index (κ1) is 16.3. The summed E-state index contributed by atoms with van der Waals surface area (Å²) in [5.74, 6) is -0.000307. The molecule has 1 aromatic heterocycles. The van der Waals surface area contributed by atoms with Gasteiger partial charge in [-0.15, -0.1) is 11.3 Å². The summed E-state index contributed by atoms with van der Waals surface area (Å²) >= 11 is 1.46. The third-order valence-electron chi connectivity index (χ3n) is 3.99. The van der Waals surface area contributed by atoms with Gasteiger partial charge in [0.15, 0.2) is 0 Å². The normalized spacial score (nSPS) is 14.5. The topological polar surface area (TPSA) is 75.9 Å². The molecule has 2 heterocycles. The molecule has 0 bridgehead atoms. The van der Waals surface area contributed by atoms with Gasteiger partial charge >= 0.3 is 6.09 Å². The number of hydrogen-bond acceptors (Lipinski definition) is 5. The molecule has 7 heteroatoms. The number of anilines is 1. The Balaban J connectivity index is 1.68. The van der Waals surface area contributed by atoms with Crippen molar-refractivity contribution in [2.45, 2.75) is 0 Å². The van der Waals surface area contributed by atoms with Crippen molar-refractivity contribution in [3.8, 4) is 10.4 Å². The molecule has 2 amide bonds. The molecule has 1 fully saturated rings. The van der Waals surface area contributed by atoms with Gasteiger partial charge < -0.3 is 20.3 Å². The molecule has 0 spiro atoms. The first-order valence-electron chi connectivity index (χ1n) is 7.66. The molecule has 24 heavy (non-hydrogen) atoms. The molecule has 1 saturated heterocycles. The highest BCUT2D eigenvalue weighted by Crippen LogP contribution is 2.30. The summed E-state index contributed by atoms with van der Waals surface area (Å²) < 4.78 is 4.71. The van der Waals surface area contributed by atoms with Crippen molar-refractivity contribution in [1.29, 1.82) is 0 Å². The lowest BCUT2D eigenvalue weighted by molar-refractivity contribution is 0.0604. The zero-order chi connectivity index (χ0) is 17.1. The van der Waals surface area contributed by atoms with Crippen molar-refractivity contribution >= 4 is 29.0 Å². The molecule has 0 saturated carbocycles. The predicted octanol–water partition coefficient (Wildman–Crippen LogP) is 2.52. The number of benzene rings is 1. The Morgan fingerprint density at radius 1 is 1.08 bits per heavy atom. The van der Waals surface area contributed by atoms with E-state index < -0.39 is 0 Å². The fourth-order valence-corrected chi connectivity index (χ4v) is 3.65. The van der Waals surface area contributed by atoms with E-state index in [2.05, 4.69) is 0 Å². The summed E-state index contributed by atoms with van der Waals surface area (Å²) in [6.07, 6.45) is -0.345. The quantitative estimate of drug-likeness (QED) is 0.849. The van der Waals surface area contributed by atoms with Crippen molar-refractivity contribution in [3.05, 3.63) is 41.3 Å². The van der Waals surface area contributed by atoms with Crippen LogP contribution in [0.1, 0.15) is 9.67 Å². The number of thiophene rings is 1. The highest BCUT2D eigenvalue weighted by atomic mass is 32.1. The van der Waals surface area contributed by atoms with E-state index in [1.807, 2.05) is 36.4 Å². The highest BCUT2D eigenvalue weighted by Gasteiger charge is 2.26. The number of rotatable bonds is 2. The number of piperazine rings is 1. The Morgan fingerprint density at radius 2 is 1.79 bits per heavy atom. The van der Waals surface area contributed by atoms with Gasteiger partial charge in [-0.1, -0.05) is 12.1 Å². The van der Waals surface area contributed by atoms with E-state index in [9.17, 15) is 9.59 Å². The van der Waals surface area contributed by atoms with Gasteiger partial charge in [-0.05, 0) is 29.8 Å². The lowest BCUT2D eigenvalue weighted by Gasteiger charge is -2.33. The van der Waals surface area contributed by atoms with Gasteiger partial charge in [0.1, 0.15) is 0 Å². The van der Waals surface area contributed by atoms with Crippen LogP contribution in [-0.4, -0.2) is 55.1 Å². The molecular formula is C17H19N3O3S. The second-order valence-corrected chi connectivity index (χ2v) is 6.62. The number of amides is 2. The molecule has 126 valence electrons. The summed E-state index contributed by atoms with van der Waals surface area (Å²) in [5.41, 5.74) is 7.53. The molecule has 0 unspecified atom stereocenters. The molecular weight excluding hydrogens is 326 g/mol. The van der Waals surface area contributed by atoms with Crippen LogP contribution in [0.15, 0.2) is 36.4 Å². The Labute approximate surface area is 144 Å². The van der Waals surface area contributed by atoms with E-state index in [1.165, 1.54) is 18.4 Å². The van der Waals surface area contributed by atoms with Gasteiger partial charge in [0.25, 0.3) is 5.91 Å². The molecule has 1 aliphatic rings. The lowest BCUT2D eigenvalue weighted by Crippen LogP contribution is -2.50. The van der Waals surface area contributed by atoms with Crippen molar-refractivity contribution in [2.75, 3.05) is 39.0 Å². The molecule has 6 nitrogen and oxygen atoms in total. The summed E-state index contributed by atoms with van der Waals surface area (Å²) in [6.45, 7) is 2.01. The Morgan fingerprint density at radius 3 is 2.46 bits per heavy atom. The maximum Gasteiger partial charge on any atom is 0.409 e. The van der Waals surface area contributed by atoms with E-state index >= 15 is 0 Å². The number of ether oxygens (including phenoxy) is 1. The van der Waals surface area contributed by atoms with Gasteiger partial charge in [-0.3, -0.25) is 4.79 Å². The Hall–Kier alpha value is -2.54. The molecule has 0 radical (unpaired) electrons. The maximum absolute atomic E-state index is 12.6. The van der Waals surface area contributed by atoms with Crippen LogP contribution < -0.4 is 5.73 Å². The fraction of sp³-hybridized carbons (Fsp3) is 0.294. The average molecular weight is 345 g/mol. The minimum atomic E-state index is -0.345. The molecule has 1 aliphatic heterocycles. The minimum Gasteiger partial charge on any atom is -0.453 e. The Kier molecular flexibility index (Phi) is 4.71. The van der Waals surface area contributed by atoms with E-state index in [-0.39, 0.29) is 12.0 Å². The predicted molar refractivity (Wildman–Crippen MR) is 94.0 cm³/mol. The number of methoxy groups -OCH3 is 1. The number of nitrogens with two attached hydrogens (primary N) is 1. The molecule has 2 aromatic rings. The smallest absolute Gasteiger partial charge is 0.409 e. The first-order valence-corrected chi connectivity index (χ1v) is 8.48. The van der Waals surface area contributed by atoms with Crippen LogP contribution in [0.4, 0.5) is 10.5 Å². The number of nitrogen functional groups attached to an aromatic ring is 1. The van der Waals surface area contributed by atoms with Crippen LogP contribution >= 0.6 is 11.3 Å². The summed E-state index contributed by atoms with van der Waals surface area (Å²) in [6, 6.07) is 11.4. The van der Waals surface area contributed by atoms with Gasteiger partial charge in [0.2, 0.25) is 0 Å². The van der Waals surface area contributed by atoms with Crippen molar-refractivity contribution in [2.24, 2.45) is 0 Å². The second kappa shape index (κ2) is 6.92. The van der Waals surface area contributed by atoms with E-state index in [0.717, 1.165) is 10.4 Å². The molecule has 2 N–H and O–H groups in total. The van der Waals surface area contributed by atoms with Crippen LogP contribution in [0.5, 0.6) is 0 Å². The van der Waals surface area contributed by atoms with Crippen LogP contribution in [0.3, 0.4) is 0 Å². The van der Waals surface area contributed by atoms with Gasteiger partial charge in [-0.25, -0.2) is 4.79 Å². The van der Waals surface area contributed by atoms with Crippen molar-refractivity contribution < 1.29 is 14.3 Å². The standard InChI is InChI=1S/C17H19N3O3S/c1-23-17(22)20-9-7-19(8-10-20)16(21)15-6-5-14(24-15)12-3-2-4-13(18)11-12/h2-6,11H,7-10,18H2,1H3. The second-order valence-electron chi connectivity index (χ2n) is 5.54. The molecule has 0 atom stereocenters. The summed E-state index contributed by atoms with van der Waals surface area (Å²) in [4.78, 5) is 29.2. The third kappa shape index (κ3) is 3.35. The Bertz CT molecular complexity index is 751. The fourth-order valence-electron chi connectivity index (χ4n) is 2.68. The van der Waals surface area contributed by atoms with Crippen LogP contribution in [-0.2, 0) is 4.74 Å². The van der Waals surface area contributed by atoms with E-state index in [4.69, 9.17) is 10.5 Å². The monoisotopic (exact) mass is 345 g/mol. The van der Waals surface area contributed by atoms with Crippen molar-refractivity contribution in [1.82, 2.24) is 9.80 Å². The number of carbonyl (C=O) groups is 2. The van der Waals surface area contributed by atoms with Gasteiger partial charge in [0.05, 0.1) is 12.0 Å². The zero-order valence-corrected chi connectivity index (χ0v) is 14.2. The van der Waals surface area contributed by atoms with E-state index in [0.29, 0.717) is 36.7 Å².